The number of allylic oxidation sites excluding steroid dienone is 1. The van der Waals surface area contributed by atoms with Gasteiger partial charge in [-0.25, -0.2) is 13.2 Å². The first-order chi connectivity index (χ1) is 14.6. The van der Waals surface area contributed by atoms with E-state index in [4.69, 9.17) is 16.7 Å². The second-order valence-corrected chi connectivity index (χ2v) is 11.1. The lowest BCUT2D eigenvalue weighted by atomic mass is 10.0. The number of carboxylic acids is 2. The Labute approximate surface area is 188 Å². The number of carboxylic acid groups (broad SMARTS) is 2. The lowest BCUT2D eigenvalue weighted by molar-refractivity contribution is -0.140. The van der Waals surface area contributed by atoms with Gasteiger partial charge in [0.15, 0.2) is 0 Å². The molecular weight excluding hydrogens is 462 g/mol. The normalized spacial score (nSPS) is 25.1. The number of hydrogen-bond acceptors (Lipinski definition) is 5. The summed E-state index contributed by atoms with van der Waals surface area (Å²) in [5, 5.41) is 19.4. The van der Waals surface area contributed by atoms with E-state index in [1.165, 1.54) is 18.2 Å². The van der Waals surface area contributed by atoms with Gasteiger partial charge >= 0.3 is 11.9 Å². The largest absolute Gasteiger partial charge is 0.480 e. The molecule has 31 heavy (non-hydrogen) atoms. The standard InChI is InChI=1S/C21H18ClNO6S2/c22-15-6-4-12(5-7-15)17-8-9-18(30-17)31(28,29)23-21(20(26)27)11-16(21)13-2-1-3-14(10-13)19(24)25/h1-7,9-10,16-17,23H,8,11H2,(H,24,25)(H,26,27). The molecule has 0 radical (unpaired) electrons. The summed E-state index contributed by atoms with van der Waals surface area (Å²) in [5.74, 6) is -3.08. The van der Waals surface area contributed by atoms with E-state index in [1.807, 2.05) is 12.1 Å². The average Bonchev–Trinajstić information content (AvgIpc) is 3.22. The minimum atomic E-state index is -4.07. The lowest BCUT2D eigenvalue weighted by Crippen LogP contribution is -2.44. The Morgan fingerprint density at radius 3 is 2.45 bits per heavy atom. The molecule has 0 bridgehead atoms. The molecule has 3 atom stereocenters. The zero-order chi connectivity index (χ0) is 22.4. The summed E-state index contributed by atoms with van der Waals surface area (Å²) >= 11 is 7.06. The van der Waals surface area contributed by atoms with E-state index < -0.39 is 33.4 Å². The van der Waals surface area contributed by atoms with Gasteiger partial charge in [-0.1, -0.05) is 41.9 Å². The van der Waals surface area contributed by atoms with Crippen molar-refractivity contribution in [1.29, 1.82) is 0 Å². The van der Waals surface area contributed by atoms with Gasteiger partial charge in [0.05, 0.1) is 5.56 Å². The minimum absolute atomic E-state index is 0.0198. The van der Waals surface area contributed by atoms with Gasteiger partial charge in [-0.15, -0.1) is 11.8 Å². The van der Waals surface area contributed by atoms with Crippen molar-refractivity contribution in [3.05, 3.63) is 80.6 Å². The molecule has 2 aromatic carbocycles. The highest BCUT2D eigenvalue weighted by Crippen LogP contribution is 2.54. The fourth-order valence-electron chi connectivity index (χ4n) is 3.73. The summed E-state index contributed by atoms with van der Waals surface area (Å²) in [5.41, 5.74) is -0.280. The maximum absolute atomic E-state index is 13.0. The van der Waals surface area contributed by atoms with Crippen LogP contribution in [-0.2, 0) is 14.8 Å². The van der Waals surface area contributed by atoms with E-state index in [1.54, 1.807) is 24.3 Å². The Balaban J connectivity index is 1.53. The first-order valence-electron chi connectivity index (χ1n) is 9.35. The van der Waals surface area contributed by atoms with Crippen LogP contribution in [0, 0.1) is 0 Å². The number of rotatable bonds is 7. The second kappa shape index (κ2) is 7.98. The van der Waals surface area contributed by atoms with Crippen molar-refractivity contribution in [3.63, 3.8) is 0 Å². The number of aliphatic carboxylic acids is 1. The van der Waals surface area contributed by atoms with Crippen LogP contribution in [-0.4, -0.2) is 36.1 Å². The number of halogens is 1. The van der Waals surface area contributed by atoms with Gasteiger partial charge in [0.1, 0.15) is 9.78 Å². The van der Waals surface area contributed by atoms with Crippen LogP contribution in [0.1, 0.15) is 45.5 Å². The molecule has 4 rings (SSSR count). The molecule has 0 saturated heterocycles. The minimum Gasteiger partial charge on any atom is -0.480 e. The molecular formula is C21H18ClNO6S2. The topological polar surface area (TPSA) is 121 Å². The SMILES string of the molecule is O=C(O)c1cccc(C2CC2(NS(=O)(=O)C2=CCC(c3ccc(Cl)cc3)S2)C(=O)O)c1. The van der Waals surface area contributed by atoms with Gasteiger partial charge < -0.3 is 10.2 Å². The van der Waals surface area contributed by atoms with Gasteiger partial charge in [-0.2, -0.15) is 4.72 Å². The molecule has 1 heterocycles. The van der Waals surface area contributed by atoms with Gasteiger partial charge in [0.2, 0.25) is 10.0 Å². The van der Waals surface area contributed by atoms with E-state index in [2.05, 4.69) is 4.72 Å². The maximum Gasteiger partial charge on any atom is 0.335 e. The highest BCUT2D eigenvalue weighted by Gasteiger charge is 2.63. The Morgan fingerprint density at radius 2 is 1.81 bits per heavy atom. The molecule has 7 nitrogen and oxygen atoms in total. The van der Waals surface area contributed by atoms with Gasteiger partial charge in [-0.3, -0.25) is 4.79 Å². The Morgan fingerprint density at radius 1 is 1.10 bits per heavy atom. The fraction of sp³-hybridized carbons (Fsp3) is 0.238. The van der Waals surface area contributed by atoms with Crippen LogP contribution in [0.4, 0.5) is 0 Å². The first-order valence-corrected chi connectivity index (χ1v) is 12.1. The van der Waals surface area contributed by atoms with Crippen molar-refractivity contribution in [1.82, 2.24) is 4.72 Å². The zero-order valence-corrected chi connectivity index (χ0v) is 18.4. The molecule has 1 aliphatic carbocycles. The second-order valence-electron chi connectivity index (χ2n) is 7.49. The molecule has 0 amide bonds. The molecule has 1 saturated carbocycles. The smallest absolute Gasteiger partial charge is 0.335 e. The molecule has 3 unspecified atom stereocenters. The third-order valence-corrected chi connectivity index (χ3v) is 9.13. The Bertz CT molecular complexity index is 1190. The van der Waals surface area contributed by atoms with Crippen LogP contribution in [0.25, 0.3) is 0 Å². The van der Waals surface area contributed by atoms with Gasteiger partial charge in [0, 0.05) is 16.2 Å². The Hall–Kier alpha value is -2.33. The zero-order valence-electron chi connectivity index (χ0n) is 16.0. The molecule has 2 aliphatic rings. The van der Waals surface area contributed by atoms with Crippen molar-refractivity contribution >= 4 is 45.3 Å². The number of thioether (sulfide) groups is 1. The van der Waals surface area contributed by atoms with Crippen molar-refractivity contribution in [2.24, 2.45) is 0 Å². The summed E-state index contributed by atoms with van der Waals surface area (Å²) in [6, 6.07) is 13.1. The molecule has 0 aromatic heterocycles. The van der Waals surface area contributed by atoms with Crippen LogP contribution < -0.4 is 4.72 Å². The molecule has 162 valence electrons. The predicted molar refractivity (Wildman–Crippen MR) is 118 cm³/mol. The number of sulfonamides is 1. The molecule has 10 heteroatoms. The van der Waals surface area contributed by atoms with Crippen LogP contribution in [0.15, 0.2) is 58.8 Å². The molecule has 1 fully saturated rings. The number of aromatic carboxylic acids is 1. The summed E-state index contributed by atoms with van der Waals surface area (Å²) in [4.78, 5) is 23.2. The predicted octanol–water partition coefficient (Wildman–Crippen LogP) is 3.99. The quantitative estimate of drug-likeness (QED) is 0.549. The average molecular weight is 480 g/mol. The number of nitrogens with one attached hydrogen (secondary N) is 1. The summed E-state index contributed by atoms with van der Waals surface area (Å²) in [6.45, 7) is 0. The van der Waals surface area contributed by atoms with E-state index in [0.29, 0.717) is 17.0 Å². The first kappa shape index (κ1) is 21.9. The summed E-state index contributed by atoms with van der Waals surface area (Å²) in [7, 11) is -4.07. The lowest BCUT2D eigenvalue weighted by Gasteiger charge is -2.17. The van der Waals surface area contributed by atoms with E-state index >= 15 is 0 Å². The van der Waals surface area contributed by atoms with E-state index in [0.717, 1.165) is 17.3 Å². The van der Waals surface area contributed by atoms with Crippen molar-refractivity contribution in [3.8, 4) is 0 Å². The van der Waals surface area contributed by atoms with E-state index in [9.17, 15) is 23.1 Å². The van der Waals surface area contributed by atoms with Crippen molar-refractivity contribution in [2.45, 2.75) is 29.5 Å². The summed E-state index contributed by atoms with van der Waals surface area (Å²) < 4.78 is 28.5. The number of hydrogen-bond donors (Lipinski definition) is 3. The van der Waals surface area contributed by atoms with Crippen LogP contribution >= 0.6 is 23.4 Å². The molecule has 3 N–H and O–H groups in total. The van der Waals surface area contributed by atoms with Crippen LogP contribution in [0.3, 0.4) is 0 Å². The summed E-state index contributed by atoms with van der Waals surface area (Å²) in [6.07, 6.45) is 2.13. The van der Waals surface area contributed by atoms with Gasteiger partial charge in [-0.05, 0) is 48.2 Å². The molecule has 0 spiro atoms. The number of carbonyl (C=O) groups is 2. The van der Waals surface area contributed by atoms with E-state index in [-0.39, 0.29) is 21.5 Å². The molecule has 2 aromatic rings. The third-order valence-electron chi connectivity index (χ3n) is 5.46. The van der Waals surface area contributed by atoms with Crippen LogP contribution in [0.2, 0.25) is 5.02 Å². The fourth-order valence-corrected chi connectivity index (χ4v) is 7.00. The number of benzene rings is 2. The van der Waals surface area contributed by atoms with Gasteiger partial charge in [0.25, 0.3) is 0 Å². The highest BCUT2D eigenvalue weighted by atomic mass is 35.5. The van der Waals surface area contributed by atoms with Crippen molar-refractivity contribution in [2.75, 3.05) is 0 Å². The van der Waals surface area contributed by atoms with Crippen molar-refractivity contribution < 1.29 is 28.2 Å². The monoisotopic (exact) mass is 479 g/mol. The Kier molecular flexibility index (Phi) is 5.63. The highest BCUT2D eigenvalue weighted by molar-refractivity contribution is 8.18. The molecule has 1 aliphatic heterocycles. The maximum atomic E-state index is 13.0. The third kappa shape index (κ3) is 4.23. The van der Waals surface area contributed by atoms with Crippen LogP contribution in [0.5, 0.6) is 0 Å².